The molecular weight excluding hydrogens is 270 g/mol. The van der Waals surface area contributed by atoms with E-state index in [1.54, 1.807) is 6.20 Å². The van der Waals surface area contributed by atoms with Gasteiger partial charge in [0.25, 0.3) is 0 Å². The van der Waals surface area contributed by atoms with E-state index >= 15 is 0 Å². The Morgan fingerprint density at radius 2 is 1.90 bits per heavy atom. The Morgan fingerprint density at radius 3 is 2.35 bits per heavy atom. The lowest BCUT2D eigenvalue weighted by Gasteiger charge is -2.32. The maximum Gasteiger partial charge on any atom is 0.0834 e. The smallest absolute Gasteiger partial charge is 0.0834 e. The molecule has 116 valence electrons. The predicted molar refractivity (Wildman–Crippen MR) is 87.3 cm³/mol. The SMILES string of the molecule is CCNC(CC(C)C(C)(C)C)c1c(Cl)cnn1C(C)C. The number of rotatable bonds is 6. The van der Waals surface area contributed by atoms with Crippen LogP contribution in [0.3, 0.4) is 0 Å². The van der Waals surface area contributed by atoms with Crippen molar-refractivity contribution >= 4 is 11.6 Å². The molecule has 1 heterocycles. The van der Waals surface area contributed by atoms with Gasteiger partial charge in [0, 0.05) is 6.04 Å². The molecule has 1 aromatic rings. The van der Waals surface area contributed by atoms with Gasteiger partial charge in [0.15, 0.2) is 0 Å². The fourth-order valence-electron chi connectivity index (χ4n) is 2.33. The van der Waals surface area contributed by atoms with Crippen molar-refractivity contribution in [2.24, 2.45) is 11.3 Å². The summed E-state index contributed by atoms with van der Waals surface area (Å²) in [5, 5.41) is 8.78. The van der Waals surface area contributed by atoms with Crippen LogP contribution in [-0.2, 0) is 0 Å². The zero-order chi connectivity index (χ0) is 15.5. The summed E-state index contributed by atoms with van der Waals surface area (Å²) in [4.78, 5) is 0. The average Bonchev–Trinajstić information content (AvgIpc) is 2.69. The first kappa shape index (κ1) is 17.5. The van der Waals surface area contributed by atoms with Gasteiger partial charge in [0.1, 0.15) is 0 Å². The van der Waals surface area contributed by atoms with Gasteiger partial charge >= 0.3 is 0 Å². The van der Waals surface area contributed by atoms with Crippen LogP contribution in [-0.4, -0.2) is 16.3 Å². The summed E-state index contributed by atoms with van der Waals surface area (Å²) in [5.74, 6) is 0.595. The van der Waals surface area contributed by atoms with Crippen molar-refractivity contribution in [2.75, 3.05) is 6.54 Å². The standard InChI is InChI=1S/C16H30ClN3/c1-8-18-14(9-12(4)16(5,6)7)15-13(17)10-19-20(15)11(2)3/h10-12,14,18H,8-9H2,1-7H3. The highest BCUT2D eigenvalue weighted by Crippen LogP contribution is 2.36. The van der Waals surface area contributed by atoms with Crippen LogP contribution < -0.4 is 5.32 Å². The second kappa shape index (κ2) is 6.95. The average molecular weight is 300 g/mol. The first-order chi connectivity index (χ1) is 9.18. The molecule has 1 aromatic heterocycles. The molecule has 0 aliphatic rings. The minimum absolute atomic E-state index is 0.256. The largest absolute Gasteiger partial charge is 0.309 e. The van der Waals surface area contributed by atoms with Crippen LogP contribution in [0.25, 0.3) is 0 Å². The fourth-order valence-corrected chi connectivity index (χ4v) is 2.60. The van der Waals surface area contributed by atoms with Gasteiger partial charge in [0.05, 0.1) is 23.0 Å². The van der Waals surface area contributed by atoms with Crippen molar-refractivity contribution in [1.82, 2.24) is 15.1 Å². The van der Waals surface area contributed by atoms with Gasteiger partial charge in [0.2, 0.25) is 0 Å². The molecule has 0 amide bonds. The molecule has 1 rings (SSSR count). The van der Waals surface area contributed by atoms with Crippen LogP contribution in [0, 0.1) is 11.3 Å². The van der Waals surface area contributed by atoms with Crippen molar-refractivity contribution in [2.45, 2.75) is 67.0 Å². The molecule has 0 saturated carbocycles. The zero-order valence-electron chi connectivity index (χ0n) is 14.0. The summed E-state index contributed by atoms with van der Waals surface area (Å²) < 4.78 is 2.05. The van der Waals surface area contributed by atoms with Gasteiger partial charge < -0.3 is 5.32 Å². The van der Waals surface area contributed by atoms with E-state index in [9.17, 15) is 0 Å². The zero-order valence-corrected chi connectivity index (χ0v) is 14.8. The van der Waals surface area contributed by atoms with Crippen molar-refractivity contribution in [3.05, 3.63) is 16.9 Å². The topological polar surface area (TPSA) is 29.9 Å². The summed E-state index contributed by atoms with van der Waals surface area (Å²) in [5.41, 5.74) is 1.42. The third kappa shape index (κ3) is 4.23. The van der Waals surface area contributed by atoms with Gasteiger partial charge in [-0.2, -0.15) is 5.10 Å². The van der Waals surface area contributed by atoms with Crippen LogP contribution in [0.5, 0.6) is 0 Å². The van der Waals surface area contributed by atoms with Crippen LogP contribution in [0.2, 0.25) is 5.02 Å². The molecule has 0 saturated heterocycles. The second-order valence-corrected chi connectivity index (χ2v) is 7.44. The molecule has 1 N–H and O–H groups in total. The highest BCUT2D eigenvalue weighted by atomic mass is 35.5. The van der Waals surface area contributed by atoms with E-state index in [0.717, 1.165) is 23.7 Å². The summed E-state index contributed by atoms with van der Waals surface area (Å²) in [6.07, 6.45) is 2.83. The van der Waals surface area contributed by atoms with E-state index in [-0.39, 0.29) is 6.04 Å². The Hall–Kier alpha value is -0.540. The Kier molecular flexibility index (Phi) is 6.08. The maximum absolute atomic E-state index is 6.39. The highest BCUT2D eigenvalue weighted by molar-refractivity contribution is 6.31. The third-order valence-electron chi connectivity index (χ3n) is 4.12. The van der Waals surface area contributed by atoms with Gasteiger partial charge in [-0.1, -0.05) is 46.2 Å². The molecule has 20 heavy (non-hydrogen) atoms. The molecule has 0 bridgehead atoms. The normalized spacial score (nSPS) is 15.7. The molecular formula is C16H30ClN3. The quantitative estimate of drug-likeness (QED) is 0.814. The first-order valence-corrected chi connectivity index (χ1v) is 8.02. The summed E-state index contributed by atoms with van der Waals surface area (Å²) in [6, 6.07) is 0.579. The Balaban J connectivity index is 3.05. The molecule has 2 unspecified atom stereocenters. The van der Waals surface area contributed by atoms with E-state index in [2.05, 4.69) is 58.9 Å². The molecule has 2 atom stereocenters. The lowest BCUT2D eigenvalue weighted by Crippen LogP contribution is -2.29. The van der Waals surface area contributed by atoms with Crippen molar-refractivity contribution in [3.8, 4) is 0 Å². The lowest BCUT2D eigenvalue weighted by atomic mass is 9.78. The molecule has 0 aliphatic carbocycles. The molecule has 0 radical (unpaired) electrons. The lowest BCUT2D eigenvalue weighted by molar-refractivity contribution is 0.220. The molecule has 0 aromatic carbocycles. The third-order valence-corrected chi connectivity index (χ3v) is 4.42. The van der Waals surface area contributed by atoms with E-state index in [4.69, 9.17) is 11.6 Å². The Labute approximate surface area is 129 Å². The summed E-state index contributed by atoms with van der Waals surface area (Å²) in [6.45, 7) is 16.5. The summed E-state index contributed by atoms with van der Waals surface area (Å²) >= 11 is 6.39. The van der Waals surface area contributed by atoms with Gasteiger partial charge in [-0.25, -0.2) is 0 Å². The summed E-state index contributed by atoms with van der Waals surface area (Å²) in [7, 11) is 0. The van der Waals surface area contributed by atoms with Crippen LogP contribution in [0.15, 0.2) is 6.20 Å². The monoisotopic (exact) mass is 299 g/mol. The minimum Gasteiger partial charge on any atom is -0.309 e. The van der Waals surface area contributed by atoms with Gasteiger partial charge in [-0.05, 0) is 38.1 Å². The van der Waals surface area contributed by atoms with Gasteiger partial charge in [-0.15, -0.1) is 0 Å². The maximum atomic E-state index is 6.39. The number of nitrogens with zero attached hydrogens (tertiary/aromatic N) is 2. The van der Waals surface area contributed by atoms with Crippen LogP contribution in [0.1, 0.15) is 72.7 Å². The Bertz CT molecular complexity index is 418. The highest BCUT2D eigenvalue weighted by Gasteiger charge is 2.27. The van der Waals surface area contributed by atoms with Gasteiger partial charge in [-0.3, -0.25) is 4.68 Å². The Morgan fingerprint density at radius 1 is 1.30 bits per heavy atom. The number of hydrogen-bond acceptors (Lipinski definition) is 2. The van der Waals surface area contributed by atoms with E-state index in [0.29, 0.717) is 17.4 Å². The number of nitrogens with one attached hydrogen (secondary N) is 1. The molecule has 4 heteroatoms. The second-order valence-electron chi connectivity index (χ2n) is 7.03. The molecule has 0 aliphatic heterocycles. The molecule has 0 fully saturated rings. The van der Waals surface area contributed by atoms with Crippen molar-refractivity contribution < 1.29 is 0 Å². The van der Waals surface area contributed by atoms with E-state index in [1.165, 1.54) is 0 Å². The minimum atomic E-state index is 0.256. The van der Waals surface area contributed by atoms with Crippen LogP contribution >= 0.6 is 11.6 Å². The first-order valence-electron chi connectivity index (χ1n) is 7.64. The van der Waals surface area contributed by atoms with Crippen molar-refractivity contribution in [3.63, 3.8) is 0 Å². The van der Waals surface area contributed by atoms with Crippen molar-refractivity contribution in [1.29, 1.82) is 0 Å². The fraction of sp³-hybridized carbons (Fsp3) is 0.812. The van der Waals surface area contributed by atoms with E-state index < -0.39 is 0 Å². The number of halogens is 1. The van der Waals surface area contributed by atoms with E-state index in [1.807, 2.05) is 4.68 Å². The number of aromatic nitrogens is 2. The number of hydrogen-bond donors (Lipinski definition) is 1. The molecule has 3 nitrogen and oxygen atoms in total. The van der Waals surface area contributed by atoms with Crippen LogP contribution in [0.4, 0.5) is 0 Å². The molecule has 0 spiro atoms. The predicted octanol–water partition coefficient (Wildman–Crippen LogP) is 4.84.